The van der Waals surface area contributed by atoms with Gasteiger partial charge in [0.25, 0.3) is 0 Å². The molecule has 1 fully saturated rings. The average Bonchev–Trinajstić information content (AvgIpc) is 2.78. The monoisotopic (exact) mass is 325 g/mol. The van der Waals surface area contributed by atoms with Crippen molar-refractivity contribution in [1.29, 1.82) is 0 Å². The van der Waals surface area contributed by atoms with E-state index in [9.17, 15) is 4.79 Å². The standard InChI is InChI=1S/C21H27NO2/c1-21(2,3)24-20(23)22-18-12-13-19(22)15-17(14-18)11-7-10-16-8-5-4-6-9-16/h4-10,14,18-19H,11-13,15H2,1-3H3/b10-7+. The van der Waals surface area contributed by atoms with Gasteiger partial charge in [-0.05, 0) is 52.0 Å². The fraction of sp³-hybridized carbons (Fsp3) is 0.476. The summed E-state index contributed by atoms with van der Waals surface area (Å²) in [7, 11) is 0. The van der Waals surface area contributed by atoms with Crippen molar-refractivity contribution in [3.63, 3.8) is 0 Å². The van der Waals surface area contributed by atoms with Gasteiger partial charge >= 0.3 is 6.09 Å². The van der Waals surface area contributed by atoms with Gasteiger partial charge in [-0.2, -0.15) is 0 Å². The molecule has 1 aromatic rings. The summed E-state index contributed by atoms with van der Waals surface area (Å²) in [6.45, 7) is 5.77. The Hall–Kier alpha value is -2.03. The molecular formula is C21H27NO2. The minimum atomic E-state index is -0.432. The van der Waals surface area contributed by atoms with Crippen molar-refractivity contribution in [2.24, 2.45) is 0 Å². The van der Waals surface area contributed by atoms with Gasteiger partial charge in [0, 0.05) is 6.04 Å². The molecule has 1 saturated heterocycles. The second kappa shape index (κ2) is 6.84. The molecular weight excluding hydrogens is 298 g/mol. The maximum atomic E-state index is 12.4. The van der Waals surface area contributed by atoms with E-state index in [2.05, 4.69) is 42.5 Å². The normalized spacial score (nSPS) is 23.5. The summed E-state index contributed by atoms with van der Waals surface area (Å²) >= 11 is 0. The van der Waals surface area contributed by atoms with Crippen LogP contribution in [0.2, 0.25) is 0 Å². The molecule has 0 aromatic heterocycles. The van der Waals surface area contributed by atoms with Crippen LogP contribution in [0.25, 0.3) is 6.08 Å². The van der Waals surface area contributed by atoms with Gasteiger partial charge < -0.3 is 4.74 Å². The van der Waals surface area contributed by atoms with Gasteiger partial charge in [-0.25, -0.2) is 4.79 Å². The van der Waals surface area contributed by atoms with Crippen LogP contribution in [-0.4, -0.2) is 28.7 Å². The van der Waals surface area contributed by atoms with Crippen LogP contribution >= 0.6 is 0 Å². The van der Waals surface area contributed by atoms with Crippen LogP contribution in [0.4, 0.5) is 4.79 Å². The maximum Gasteiger partial charge on any atom is 0.411 e. The fourth-order valence-electron chi connectivity index (χ4n) is 3.58. The van der Waals surface area contributed by atoms with Crippen molar-refractivity contribution >= 4 is 12.2 Å². The quantitative estimate of drug-likeness (QED) is 0.716. The van der Waals surface area contributed by atoms with Gasteiger partial charge in [0.2, 0.25) is 0 Å². The third-order valence-electron chi connectivity index (χ3n) is 4.57. The first kappa shape index (κ1) is 16.8. The van der Waals surface area contributed by atoms with E-state index >= 15 is 0 Å². The molecule has 0 radical (unpaired) electrons. The fourth-order valence-corrected chi connectivity index (χ4v) is 3.58. The van der Waals surface area contributed by atoms with E-state index in [1.54, 1.807) is 0 Å². The van der Waals surface area contributed by atoms with Crippen LogP contribution in [-0.2, 0) is 4.74 Å². The molecule has 3 nitrogen and oxygen atoms in total. The number of rotatable bonds is 3. The SMILES string of the molecule is CC(C)(C)OC(=O)N1C2C=C(C/C=C/c3ccccc3)CC1CC2. The average molecular weight is 325 g/mol. The Morgan fingerprint density at radius 1 is 1.25 bits per heavy atom. The predicted octanol–water partition coefficient (Wildman–Crippen LogP) is 5.19. The number of ether oxygens (including phenoxy) is 1. The highest BCUT2D eigenvalue weighted by atomic mass is 16.6. The topological polar surface area (TPSA) is 29.5 Å². The number of fused-ring (bicyclic) bond motifs is 2. The lowest BCUT2D eigenvalue weighted by molar-refractivity contribution is 0.0166. The molecule has 0 saturated carbocycles. The number of amides is 1. The molecule has 0 aliphatic carbocycles. The highest BCUT2D eigenvalue weighted by Gasteiger charge is 2.41. The van der Waals surface area contributed by atoms with Crippen molar-refractivity contribution < 1.29 is 9.53 Å². The Balaban J connectivity index is 1.62. The Morgan fingerprint density at radius 3 is 2.67 bits per heavy atom. The maximum absolute atomic E-state index is 12.4. The smallest absolute Gasteiger partial charge is 0.411 e. The molecule has 2 unspecified atom stereocenters. The van der Waals surface area contributed by atoms with E-state index in [0.29, 0.717) is 6.04 Å². The number of nitrogens with zero attached hydrogens (tertiary/aromatic N) is 1. The molecule has 0 spiro atoms. The molecule has 2 heterocycles. The second-order valence-electron chi connectivity index (χ2n) is 7.73. The number of carbonyl (C=O) groups excluding carboxylic acids is 1. The van der Waals surface area contributed by atoms with Gasteiger partial charge in [-0.15, -0.1) is 0 Å². The van der Waals surface area contributed by atoms with Gasteiger partial charge in [-0.3, -0.25) is 4.90 Å². The summed E-state index contributed by atoms with van der Waals surface area (Å²) in [4.78, 5) is 14.4. The minimum absolute atomic E-state index is 0.162. The van der Waals surface area contributed by atoms with Crippen LogP contribution in [0.1, 0.15) is 52.0 Å². The van der Waals surface area contributed by atoms with Crippen molar-refractivity contribution in [3.05, 3.63) is 53.6 Å². The Morgan fingerprint density at radius 2 is 2.00 bits per heavy atom. The van der Waals surface area contributed by atoms with Gasteiger partial charge in [0.1, 0.15) is 5.60 Å². The van der Waals surface area contributed by atoms with Crippen LogP contribution in [0.15, 0.2) is 48.1 Å². The highest BCUT2D eigenvalue weighted by molar-refractivity contribution is 5.70. The van der Waals surface area contributed by atoms with Gasteiger partial charge in [0.15, 0.2) is 0 Å². The number of hydrogen-bond acceptors (Lipinski definition) is 2. The van der Waals surface area contributed by atoms with Crippen molar-refractivity contribution in [2.75, 3.05) is 0 Å². The Kier molecular flexibility index (Phi) is 4.79. The first-order chi connectivity index (χ1) is 11.4. The van der Waals surface area contributed by atoms with Gasteiger partial charge in [-0.1, -0.05) is 54.1 Å². The van der Waals surface area contributed by atoms with Crippen LogP contribution in [0.5, 0.6) is 0 Å². The zero-order valence-corrected chi connectivity index (χ0v) is 14.9. The van der Waals surface area contributed by atoms with E-state index in [1.807, 2.05) is 31.7 Å². The first-order valence-electron chi connectivity index (χ1n) is 8.85. The van der Waals surface area contributed by atoms with E-state index in [4.69, 9.17) is 4.74 Å². The lowest BCUT2D eigenvalue weighted by atomic mass is 9.98. The number of carbonyl (C=O) groups is 1. The second-order valence-corrected chi connectivity index (χ2v) is 7.73. The van der Waals surface area contributed by atoms with Crippen molar-refractivity contribution in [3.8, 4) is 0 Å². The Labute approximate surface area is 145 Å². The molecule has 1 aromatic carbocycles. The van der Waals surface area contributed by atoms with E-state index in [-0.39, 0.29) is 12.1 Å². The molecule has 2 aliphatic rings. The third-order valence-corrected chi connectivity index (χ3v) is 4.57. The molecule has 2 aliphatic heterocycles. The third kappa shape index (κ3) is 4.08. The zero-order valence-electron chi connectivity index (χ0n) is 14.9. The lowest BCUT2D eigenvalue weighted by Gasteiger charge is -2.35. The summed E-state index contributed by atoms with van der Waals surface area (Å²) in [6, 6.07) is 10.9. The lowest BCUT2D eigenvalue weighted by Crippen LogP contribution is -2.45. The largest absolute Gasteiger partial charge is 0.444 e. The van der Waals surface area contributed by atoms with E-state index in [0.717, 1.165) is 25.7 Å². The number of allylic oxidation sites excluding steroid dienone is 1. The summed E-state index contributed by atoms with van der Waals surface area (Å²) in [5.41, 5.74) is 2.24. The summed E-state index contributed by atoms with van der Waals surface area (Å²) in [5, 5.41) is 0. The van der Waals surface area contributed by atoms with Crippen molar-refractivity contribution in [2.45, 2.75) is 64.1 Å². The zero-order chi connectivity index (χ0) is 17.2. The summed E-state index contributed by atoms with van der Waals surface area (Å²) in [6.07, 6.45) is 10.6. The number of hydrogen-bond donors (Lipinski definition) is 0. The molecule has 3 heteroatoms. The summed E-state index contributed by atoms with van der Waals surface area (Å²) in [5.74, 6) is 0. The minimum Gasteiger partial charge on any atom is -0.444 e. The molecule has 2 atom stereocenters. The van der Waals surface area contributed by atoms with Crippen LogP contribution in [0.3, 0.4) is 0 Å². The molecule has 2 bridgehead atoms. The number of benzene rings is 1. The van der Waals surface area contributed by atoms with E-state index in [1.165, 1.54) is 11.1 Å². The summed E-state index contributed by atoms with van der Waals surface area (Å²) < 4.78 is 5.58. The van der Waals surface area contributed by atoms with Crippen molar-refractivity contribution in [1.82, 2.24) is 4.90 Å². The molecule has 3 rings (SSSR count). The van der Waals surface area contributed by atoms with Gasteiger partial charge in [0.05, 0.1) is 6.04 Å². The molecule has 1 amide bonds. The molecule has 0 N–H and O–H groups in total. The van der Waals surface area contributed by atoms with Crippen LogP contribution in [0, 0.1) is 0 Å². The first-order valence-corrected chi connectivity index (χ1v) is 8.85. The van der Waals surface area contributed by atoms with Crippen LogP contribution < -0.4 is 0 Å². The molecule has 128 valence electrons. The molecule has 24 heavy (non-hydrogen) atoms. The Bertz CT molecular complexity index is 640. The van der Waals surface area contributed by atoms with E-state index < -0.39 is 5.60 Å². The predicted molar refractivity (Wildman–Crippen MR) is 97.7 cm³/mol. The highest BCUT2D eigenvalue weighted by Crippen LogP contribution is 2.37.